The van der Waals surface area contributed by atoms with E-state index < -0.39 is 11.7 Å². The number of nitrogens with zero attached hydrogens (tertiary/aromatic N) is 1. The average molecular weight is 381 g/mol. The van der Waals surface area contributed by atoms with Crippen LogP contribution in [0.3, 0.4) is 0 Å². The summed E-state index contributed by atoms with van der Waals surface area (Å²) < 4.78 is 37.5. The molecule has 0 atom stereocenters. The number of thioether (sulfide) groups is 1. The van der Waals surface area contributed by atoms with Gasteiger partial charge in [-0.05, 0) is 30.0 Å². The quantitative estimate of drug-likeness (QED) is 0.775. The van der Waals surface area contributed by atoms with Gasteiger partial charge in [-0.2, -0.15) is 13.2 Å². The van der Waals surface area contributed by atoms with E-state index in [0.717, 1.165) is 28.3 Å². The van der Waals surface area contributed by atoms with Crippen LogP contribution in [0, 0.1) is 6.92 Å². The maximum absolute atomic E-state index is 12.5. The van der Waals surface area contributed by atoms with Crippen molar-refractivity contribution in [3.8, 4) is 0 Å². The average Bonchev–Trinajstić information content (AvgIpc) is 2.88. The molecule has 0 fully saturated rings. The number of carbonyl (C=O) groups is 1. The summed E-state index contributed by atoms with van der Waals surface area (Å²) in [7, 11) is 0. The number of carbonyl (C=O) groups excluding carboxylic acids is 1. The Kier molecular flexibility index (Phi) is 5.94. The highest BCUT2D eigenvalue weighted by Crippen LogP contribution is 2.33. The van der Waals surface area contributed by atoms with Crippen molar-refractivity contribution in [2.24, 2.45) is 0 Å². The number of thiophene rings is 1. The van der Waals surface area contributed by atoms with Crippen LogP contribution >= 0.6 is 34.7 Å². The fraction of sp³-hybridized carbons (Fsp3) is 0.286. The summed E-state index contributed by atoms with van der Waals surface area (Å²) in [6, 6.07) is 2.77. The number of pyridine rings is 1. The Morgan fingerprint density at radius 2 is 2.22 bits per heavy atom. The number of rotatable bonds is 5. The van der Waals surface area contributed by atoms with E-state index in [4.69, 9.17) is 11.6 Å². The molecule has 0 bridgehead atoms. The molecular formula is C14H12ClF3N2OS2. The molecule has 0 saturated carbocycles. The zero-order valence-corrected chi connectivity index (χ0v) is 14.3. The maximum atomic E-state index is 12.5. The Balaban J connectivity index is 1.88. The van der Waals surface area contributed by atoms with Crippen LogP contribution in [-0.2, 0) is 17.5 Å². The van der Waals surface area contributed by atoms with Crippen molar-refractivity contribution in [1.82, 2.24) is 10.3 Å². The van der Waals surface area contributed by atoms with Crippen molar-refractivity contribution in [3.05, 3.63) is 44.7 Å². The summed E-state index contributed by atoms with van der Waals surface area (Å²) in [5, 5.41) is 4.77. The summed E-state index contributed by atoms with van der Waals surface area (Å²) >= 11 is 8.33. The molecule has 0 spiro atoms. The van der Waals surface area contributed by atoms with Gasteiger partial charge in [0.05, 0.1) is 22.9 Å². The molecule has 0 aromatic carbocycles. The largest absolute Gasteiger partial charge is 0.417 e. The van der Waals surface area contributed by atoms with E-state index in [1.165, 1.54) is 0 Å². The van der Waals surface area contributed by atoms with Crippen molar-refractivity contribution in [2.75, 3.05) is 5.75 Å². The molecule has 3 nitrogen and oxygen atoms in total. The SMILES string of the molecule is Cc1ccsc1CNC(=O)CSc1ncc(C(F)(F)F)cc1Cl. The fourth-order valence-corrected chi connectivity index (χ4v) is 3.51. The number of nitrogens with one attached hydrogen (secondary N) is 1. The van der Waals surface area contributed by atoms with E-state index in [0.29, 0.717) is 12.7 Å². The predicted octanol–water partition coefficient (Wildman–Crippen LogP) is 4.53. The highest BCUT2D eigenvalue weighted by atomic mass is 35.5. The summed E-state index contributed by atoms with van der Waals surface area (Å²) in [4.78, 5) is 16.5. The molecular weight excluding hydrogens is 369 g/mol. The summed E-state index contributed by atoms with van der Waals surface area (Å²) in [6.45, 7) is 2.38. The second-order valence-corrected chi connectivity index (χ2v) is 6.97. The number of aromatic nitrogens is 1. The molecule has 0 aliphatic rings. The van der Waals surface area contributed by atoms with Gasteiger partial charge in [-0.15, -0.1) is 11.3 Å². The summed E-state index contributed by atoms with van der Waals surface area (Å²) in [5.41, 5.74) is 0.194. The molecule has 2 heterocycles. The molecule has 2 rings (SSSR count). The molecule has 2 aromatic rings. The lowest BCUT2D eigenvalue weighted by atomic mass is 10.3. The van der Waals surface area contributed by atoms with Gasteiger partial charge in [0.25, 0.3) is 0 Å². The van der Waals surface area contributed by atoms with Gasteiger partial charge >= 0.3 is 6.18 Å². The molecule has 0 radical (unpaired) electrons. The van der Waals surface area contributed by atoms with Crippen LogP contribution in [0.4, 0.5) is 13.2 Å². The summed E-state index contributed by atoms with van der Waals surface area (Å²) in [5.74, 6) is -0.205. The van der Waals surface area contributed by atoms with Crippen LogP contribution < -0.4 is 5.32 Å². The van der Waals surface area contributed by atoms with Crippen LogP contribution in [-0.4, -0.2) is 16.6 Å². The molecule has 1 N–H and O–H groups in total. The van der Waals surface area contributed by atoms with Crippen LogP contribution in [0.15, 0.2) is 28.7 Å². The van der Waals surface area contributed by atoms with Crippen molar-refractivity contribution in [1.29, 1.82) is 0 Å². The summed E-state index contributed by atoms with van der Waals surface area (Å²) in [6.07, 6.45) is -3.78. The van der Waals surface area contributed by atoms with Gasteiger partial charge < -0.3 is 5.32 Å². The third-order valence-electron chi connectivity index (χ3n) is 2.89. The van der Waals surface area contributed by atoms with Gasteiger partial charge in [0.2, 0.25) is 5.91 Å². The Labute approximate surface area is 144 Å². The third-order valence-corrected chi connectivity index (χ3v) is 5.32. The van der Waals surface area contributed by atoms with Crippen molar-refractivity contribution in [2.45, 2.75) is 24.7 Å². The van der Waals surface area contributed by atoms with Gasteiger partial charge in [-0.25, -0.2) is 4.98 Å². The molecule has 0 saturated heterocycles. The molecule has 0 aliphatic heterocycles. The van der Waals surface area contributed by atoms with Crippen molar-refractivity contribution >= 4 is 40.6 Å². The van der Waals surface area contributed by atoms with Gasteiger partial charge in [-0.3, -0.25) is 4.79 Å². The van der Waals surface area contributed by atoms with Crippen LogP contribution in [0.1, 0.15) is 16.0 Å². The number of aryl methyl sites for hydroxylation is 1. The third kappa shape index (κ3) is 5.12. The minimum absolute atomic E-state index is 0.0303. The monoisotopic (exact) mass is 380 g/mol. The second kappa shape index (κ2) is 7.55. The first-order valence-corrected chi connectivity index (χ1v) is 8.67. The lowest BCUT2D eigenvalue weighted by molar-refractivity contribution is -0.137. The number of amides is 1. The molecule has 0 aliphatic carbocycles. The predicted molar refractivity (Wildman–Crippen MR) is 85.9 cm³/mol. The molecule has 2 aromatic heterocycles. The van der Waals surface area contributed by atoms with Gasteiger partial charge in [0.1, 0.15) is 5.03 Å². The number of alkyl halides is 3. The topological polar surface area (TPSA) is 42.0 Å². The fourth-order valence-electron chi connectivity index (χ4n) is 1.64. The van der Waals surface area contributed by atoms with Gasteiger partial charge in [0.15, 0.2) is 0 Å². The highest BCUT2D eigenvalue weighted by molar-refractivity contribution is 8.00. The second-order valence-electron chi connectivity index (χ2n) is 4.60. The van der Waals surface area contributed by atoms with Crippen molar-refractivity contribution < 1.29 is 18.0 Å². The van der Waals surface area contributed by atoms with Gasteiger partial charge in [0, 0.05) is 11.1 Å². The molecule has 124 valence electrons. The van der Waals surface area contributed by atoms with E-state index in [1.54, 1.807) is 11.3 Å². The first kappa shape index (κ1) is 18.1. The van der Waals surface area contributed by atoms with E-state index in [9.17, 15) is 18.0 Å². The molecule has 9 heteroatoms. The Bertz CT molecular complexity index is 704. The smallest absolute Gasteiger partial charge is 0.350 e. The highest BCUT2D eigenvalue weighted by Gasteiger charge is 2.31. The number of hydrogen-bond donors (Lipinski definition) is 1. The van der Waals surface area contributed by atoms with Crippen LogP contribution in [0.5, 0.6) is 0 Å². The Morgan fingerprint density at radius 1 is 1.48 bits per heavy atom. The van der Waals surface area contributed by atoms with Crippen LogP contribution in [0.2, 0.25) is 5.02 Å². The lowest BCUT2D eigenvalue weighted by Crippen LogP contribution is -2.24. The lowest BCUT2D eigenvalue weighted by Gasteiger charge is -2.09. The molecule has 23 heavy (non-hydrogen) atoms. The van der Waals surface area contributed by atoms with E-state index in [-0.39, 0.29) is 21.7 Å². The zero-order chi connectivity index (χ0) is 17.0. The van der Waals surface area contributed by atoms with Crippen molar-refractivity contribution in [3.63, 3.8) is 0 Å². The first-order valence-electron chi connectivity index (χ1n) is 6.42. The normalized spacial score (nSPS) is 11.5. The number of halogens is 4. The Morgan fingerprint density at radius 3 is 2.78 bits per heavy atom. The minimum Gasteiger partial charge on any atom is -0.350 e. The number of hydrogen-bond acceptors (Lipinski definition) is 4. The first-order chi connectivity index (χ1) is 10.8. The van der Waals surface area contributed by atoms with Gasteiger partial charge in [-0.1, -0.05) is 23.4 Å². The van der Waals surface area contributed by atoms with E-state index in [1.807, 2.05) is 18.4 Å². The Hall–Kier alpha value is -1.25. The zero-order valence-electron chi connectivity index (χ0n) is 11.9. The van der Waals surface area contributed by atoms with Crippen LogP contribution in [0.25, 0.3) is 0 Å². The standard InChI is InChI=1S/C14H12ClF3N2OS2/c1-8-2-3-22-11(8)6-19-12(21)7-23-13-10(15)4-9(5-20-13)14(16,17)18/h2-5H,6-7H2,1H3,(H,19,21). The minimum atomic E-state index is -4.49. The maximum Gasteiger partial charge on any atom is 0.417 e. The van der Waals surface area contributed by atoms with E-state index >= 15 is 0 Å². The molecule has 1 amide bonds. The van der Waals surface area contributed by atoms with E-state index in [2.05, 4.69) is 10.3 Å². The molecule has 0 unspecified atom stereocenters.